The molecule has 2 rings (SSSR count). The van der Waals surface area contributed by atoms with Gasteiger partial charge in [0.25, 0.3) is 0 Å². The summed E-state index contributed by atoms with van der Waals surface area (Å²) in [5.74, 6) is -0.251. The average Bonchev–Trinajstić information content (AvgIpc) is 2.26. The summed E-state index contributed by atoms with van der Waals surface area (Å²) in [6, 6.07) is 9.20. The second-order valence-electron chi connectivity index (χ2n) is 3.40. The molecule has 4 heteroatoms. The Morgan fingerprint density at radius 1 is 0.812 bits per heavy atom. The van der Waals surface area contributed by atoms with E-state index in [1.54, 1.807) is 18.2 Å². The molecular weight excluding hydrogens is 224 g/mol. The fourth-order valence-corrected chi connectivity index (χ4v) is 1.71. The summed E-state index contributed by atoms with van der Waals surface area (Å²) in [5, 5.41) is 28.0. The minimum Gasteiger partial charge on any atom is -0.508 e. The molecule has 0 aromatic heterocycles. The number of phenols is 3. The smallest absolute Gasteiger partial charge is 0.158 e. The van der Waals surface area contributed by atoms with Crippen LogP contribution < -0.4 is 0 Å². The predicted octanol–water partition coefficient (Wildman–Crippen LogP) is 2.76. The van der Waals surface area contributed by atoms with Gasteiger partial charge in [-0.25, -0.2) is 0 Å². The molecule has 0 saturated heterocycles. The van der Waals surface area contributed by atoms with Crippen molar-refractivity contribution in [3.8, 4) is 28.4 Å². The quantitative estimate of drug-likeness (QED) is 0.453. The van der Waals surface area contributed by atoms with E-state index in [1.165, 1.54) is 18.2 Å². The number of hydrogen-bond acceptors (Lipinski definition) is 4. The first-order chi connectivity index (χ1) is 7.58. The van der Waals surface area contributed by atoms with Gasteiger partial charge in [0.2, 0.25) is 0 Å². The Bertz CT molecular complexity index is 538. The summed E-state index contributed by atoms with van der Waals surface area (Å²) in [6.07, 6.45) is 0. The molecule has 0 fully saturated rings. The van der Waals surface area contributed by atoms with Crippen LogP contribution in [0.5, 0.6) is 17.2 Å². The lowest BCUT2D eigenvalue weighted by atomic mass is 10.0. The molecule has 82 valence electrons. The molecule has 0 bridgehead atoms. The Morgan fingerprint density at radius 2 is 1.56 bits per heavy atom. The van der Waals surface area contributed by atoms with Crippen molar-refractivity contribution in [2.24, 2.45) is 0 Å². The van der Waals surface area contributed by atoms with E-state index in [1.807, 2.05) is 0 Å². The summed E-state index contributed by atoms with van der Waals surface area (Å²) in [5.41, 5.74) is 1.37. The minimum atomic E-state index is -0.200. The van der Waals surface area contributed by atoms with Gasteiger partial charge in [0, 0.05) is 4.90 Å². The van der Waals surface area contributed by atoms with E-state index in [-0.39, 0.29) is 17.2 Å². The molecule has 0 spiro atoms. The van der Waals surface area contributed by atoms with Gasteiger partial charge in [-0.2, -0.15) is 0 Å². The highest BCUT2D eigenvalue weighted by Crippen LogP contribution is 2.34. The lowest BCUT2D eigenvalue weighted by Gasteiger charge is -2.07. The zero-order valence-electron chi connectivity index (χ0n) is 8.25. The SMILES string of the molecule is Oc1ccc(S)c(-c2ccc(O)c(O)c2)c1. The molecule has 3 nitrogen and oxygen atoms in total. The maximum Gasteiger partial charge on any atom is 0.158 e. The van der Waals surface area contributed by atoms with Gasteiger partial charge >= 0.3 is 0 Å². The summed E-state index contributed by atoms with van der Waals surface area (Å²) in [4.78, 5) is 0.683. The van der Waals surface area contributed by atoms with Gasteiger partial charge in [-0.3, -0.25) is 0 Å². The van der Waals surface area contributed by atoms with Crippen LogP contribution in [0.3, 0.4) is 0 Å². The van der Waals surface area contributed by atoms with Crippen molar-refractivity contribution >= 4 is 12.6 Å². The Morgan fingerprint density at radius 3 is 2.25 bits per heavy atom. The summed E-state index contributed by atoms with van der Waals surface area (Å²) < 4.78 is 0. The highest BCUT2D eigenvalue weighted by atomic mass is 32.1. The first-order valence-corrected chi connectivity index (χ1v) is 5.07. The van der Waals surface area contributed by atoms with Crippen LogP contribution in [0.2, 0.25) is 0 Å². The number of thiol groups is 1. The van der Waals surface area contributed by atoms with Crippen LogP contribution in [-0.4, -0.2) is 15.3 Å². The molecule has 0 atom stereocenters. The molecule has 0 aliphatic heterocycles. The highest BCUT2D eigenvalue weighted by Gasteiger charge is 2.06. The molecule has 3 N–H and O–H groups in total. The van der Waals surface area contributed by atoms with Gasteiger partial charge < -0.3 is 15.3 Å². The Hall–Kier alpha value is -1.81. The Kier molecular flexibility index (Phi) is 2.66. The van der Waals surface area contributed by atoms with Crippen LogP contribution in [-0.2, 0) is 0 Å². The molecule has 2 aromatic rings. The van der Waals surface area contributed by atoms with E-state index in [9.17, 15) is 15.3 Å². The number of aromatic hydroxyl groups is 3. The minimum absolute atomic E-state index is 0.125. The summed E-state index contributed by atoms with van der Waals surface area (Å²) in [6.45, 7) is 0. The first-order valence-electron chi connectivity index (χ1n) is 4.62. The molecule has 16 heavy (non-hydrogen) atoms. The zero-order valence-corrected chi connectivity index (χ0v) is 9.15. The van der Waals surface area contributed by atoms with Crippen molar-refractivity contribution in [1.29, 1.82) is 0 Å². The van der Waals surface area contributed by atoms with E-state index in [0.717, 1.165) is 0 Å². The summed E-state index contributed by atoms with van der Waals surface area (Å²) >= 11 is 4.26. The van der Waals surface area contributed by atoms with Crippen LogP contribution in [0.1, 0.15) is 0 Å². The van der Waals surface area contributed by atoms with Crippen molar-refractivity contribution in [1.82, 2.24) is 0 Å². The van der Waals surface area contributed by atoms with Crippen molar-refractivity contribution in [2.45, 2.75) is 4.90 Å². The lowest BCUT2D eigenvalue weighted by Crippen LogP contribution is -1.80. The van der Waals surface area contributed by atoms with Gasteiger partial charge in [0.05, 0.1) is 0 Å². The third kappa shape index (κ3) is 1.92. The first kappa shape index (κ1) is 10.7. The number of benzene rings is 2. The molecule has 0 radical (unpaired) electrons. The van der Waals surface area contributed by atoms with Gasteiger partial charge in [0.15, 0.2) is 11.5 Å². The maximum atomic E-state index is 9.38. The molecule has 0 heterocycles. The third-order valence-electron chi connectivity index (χ3n) is 2.27. The molecule has 0 aliphatic rings. The largest absolute Gasteiger partial charge is 0.508 e. The van der Waals surface area contributed by atoms with Crippen LogP contribution in [0.4, 0.5) is 0 Å². The van der Waals surface area contributed by atoms with Gasteiger partial charge in [-0.05, 0) is 41.5 Å². The van der Waals surface area contributed by atoms with Crippen molar-refractivity contribution in [3.05, 3.63) is 36.4 Å². The van der Waals surface area contributed by atoms with E-state index >= 15 is 0 Å². The summed E-state index contributed by atoms with van der Waals surface area (Å²) in [7, 11) is 0. The van der Waals surface area contributed by atoms with Crippen LogP contribution in [0, 0.1) is 0 Å². The van der Waals surface area contributed by atoms with E-state index in [0.29, 0.717) is 16.0 Å². The fourth-order valence-electron chi connectivity index (χ4n) is 1.45. The van der Waals surface area contributed by atoms with Crippen LogP contribution in [0.15, 0.2) is 41.3 Å². The molecule has 0 unspecified atom stereocenters. The third-order valence-corrected chi connectivity index (χ3v) is 2.66. The normalized spacial score (nSPS) is 10.3. The zero-order chi connectivity index (χ0) is 11.7. The van der Waals surface area contributed by atoms with Gasteiger partial charge in [0.1, 0.15) is 5.75 Å². The lowest BCUT2D eigenvalue weighted by molar-refractivity contribution is 0.404. The van der Waals surface area contributed by atoms with Crippen LogP contribution in [0.25, 0.3) is 11.1 Å². The van der Waals surface area contributed by atoms with E-state index in [4.69, 9.17) is 0 Å². The molecule has 0 amide bonds. The number of hydrogen-bond donors (Lipinski definition) is 4. The van der Waals surface area contributed by atoms with Crippen LogP contribution >= 0.6 is 12.6 Å². The molecular formula is C12H10O3S. The molecule has 2 aromatic carbocycles. The van der Waals surface area contributed by atoms with Crippen molar-refractivity contribution in [3.63, 3.8) is 0 Å². The van der Waals surface area contributed by atoms with E-state index in [2.05, 4.69) is 12.6 Å². The fraction of sp³-hybridized carbons (Fsp3) is 0. The highest BCUT2D eigenvalue weighted by molar-refractivity contribution is 7.80. The standard InChI is InChI=1S/C12H10O3S/c13-8-2-4-12(16)9(6-8)7-1-3-10(14)11(15)5-7/h1-6,13-16H. The molecule has 0 aliphatic carbocycles. The number of rotatable bonds is 1. The maximum absolute atomic E-state index is 9.38. The average molecular weight is 234 g/mol. The molecule has 0 saturated carbocycles. The van der Waals surface area contributed by atoms with Crippen molar-refractivity contribution in [2.75, 3.05) is 0 Å². The number of phenolic OH excluding ortho intramolecular Hbond substituents is 3. The monoisotopic (exact) mass is 234 g/mol. The van der Waals surface area contributed by atoms with Gasteiger partial charge in [-0.15, -0.1) is 12.6 Å². The second kappa shape index (κ2) is 3.98. The topological polar surface area (TPSA) is 60.7 Å². The second-order valence-corrected chi connectivity index (χ2v) is 3.89. The van der Waals surface area contributed by atoms with Crippen molar-refractivity contribution < 1.29 is 15.3 Å². The van der Waals surface area contributed by atoms with E-state index < -0.39 is 0 Å². The predicted molar refractivity (Wildman–Crippen MR) is 64.1 cm³/mol. The van der Waals surface area contributed by atoms with Gasteiger partial charge in [-0.1, -0.05) is 6.07 Å². The Balaban J connectivity index is 2.58. The Labute approximate surface area is 98.0 Å².